The number of amides is 2. The molecule has 2 amide bonds. The second-order valence-electron chi connectivity index (χ2n) is 7.02. The van der Waals surface area contributed by atoms with Crippen LogP contribution in [0.25, 0.3) is 0 Å². The summed E-state index contributed by atoms with van der Waals surface area (Å²) in [7, 11) is 3.10. The minimum absolute atomic E-state index is 0.113. The molecular formula is C19H30N2O5. The molecule has 0 saturated heterocycles. The Morgan fingerprint density at radius 3 is 2.23 bits per heavy atom. The van der Waals surface area contributed by atoms with Gasteiger partial charge < -0.3 is 24.8 Å². The number of anilines is 1. The van der Waals surface area contributed by atoms with Crippen molar-refractivity contribution in [1.29, 1.82) is 0 Å². The third kappa shape index (κ3) is 6.82. The second-order valence-corrected chi connectivity index (χ2v) is 7.02. The lowest BCUT2D eigenvalue weighted by molar-refractivity contribution is -0.115. The van der Waals surface area contributed by atoms with E-state index in [4.69, 9.17) is 14.2 Å². The molecule has 1 rings (SSSR count). The first kappa shape index (κ1) is 21.6. The number of methoxy groups -OCH3 is 2. The Bertz CT molecular complexity index is 638. The van der Waals surface area contributed by atoms with E-state index in [1.807, 2.05) is 27.7 Å². The van der Waals surface area contributed by atoms with E-state index in [2.05, 4.69) is 10.6 Å². The summed E-state index contributed by atoms with van der Waals surface area (Å²) in [6.45, 7) is 9.09. The molecule has 2 N–H and O–H groups in total. The first-order valence-corrected chi connectivity index (χ1v) is 8.63. The van der Waals surface area contributed by atoms with E-state index in [0.717, 1.165) is 5.56 Å². The van der Waals surface area contributed by atoms with Crippen molar-refractivity contribution in [2.75, 3.05) is 19.5 Å². The van der Waals surface area contributed by atoms with Crippen molar-refractivity contribution in [2.45, 2.75) is 59.1 Å². The topological polar surface area (TPSA) is 85.9 Å². The van der Waals surface area contributed by atoms with Crippen LogP contribution in [0.4, 0.5) is 10.5 Å². The van der Waals surface area contributed by atoms with Gasteiger partial charge in [0.25, 0.3) is 0 Å². The zero-order valence-corrected chi connectivity index (χ0v) is 16.7. The molecule has 0 aliphatic carbocycles. The number of hydrogen-bond acceptors (Lipinski definition) is 5. The molecule has 0 bridgehead atoms. The van der Waals surface area contributed by atoms with E-state index >= 15 is 0 Å². The minimum Gasteiger partial charge on any atom is -0.496 e. The average molecular weight is 366 g/mol. The summed E-state index contributed by atoms with van der Waals surface area (Å²) in [5.74, 6) is 1.03. The molecule has 7 nitrogen and oxygen atoms in total. The minimum atomic E-state index is -0.552. The van der Waals surface area contributed by atoms with Crippen LogP contribution in [0.3, 0.4) is 0 Å². The van der Waals surface area contributed by atoms with E-state index < -0.39 is 11.7 Å². The summed E-state index contributed by atoms with van der Waals surface area (Å²) < 4.78 is 16.1. The van der Waals surface area contributed by atoms with Crippen molar-refractivity contribution >= 4 is 17.7 Å². The highest BCUT2D eigenvalue weighted by atomic mass is 16.6. The third-order valence-electron chi connectivity index (χ3n) is 3.49. The normalized spacial score (nSPS) is 12.1. The Balaban J connectivity index is 2.94. The Morgan fingerprint density at radius 2 is 1.73 bits per heavy atom. The van der Waals surface area contributed by atoms with Gasteiger partial charge >= 0.3 is 6.09 Å². The fourth-order valence-corrected chi connectivity index (χ4v) is 2.35. The van der Waals surface area contributed by atoms with Crippen LogP contribution in [0.2, 0.25) is 0 Å². The number of rotatable bonds is 7. The molecule has 0 aromatic heterocycles. The molecule has 0 fully saturated rings. The van der Waals surface area contributed by atoms with Gasteiger partial charge in [0.15, 0.2) is 0 Å². The number of nitrogens with one attached hydrogen (secondary N) is 2. The Kier molecular flexibility index (Phi) is 7.74. The van der Waals surface area contributed by atoms with Gasteiger partial charge in [-0.3, -0.25) is 4.79 Å². The van der Waals surface area contributed by atoms with E-state index in [9.17, 15) is 9.59 Å². The maximum absolute atomic E-state index is 11.9. The molecule has 1 aromatic rings. The highest BCUT2D eigenvalue weighted by Crippen LogP contribution is 2.33. The van der Waals surface area contributed by atoms with Crippen LogP contribution in [0.1, 0.15) is 46.6 Å². The van der Waals surface area contributed by atoms with Crippen LogP contribution in [-0.2, 0) is 16.0 Å². The predicted molar refractivity (Wildman–Crippen MR) is 101 cm³/mol. The van der Waals surface area contributed by atoms with Crippen molar-refractivity contribution in [2.24, 2.45) is 0 Å². The number of hydrogen-bond donors (Lipinski definition) is 2. The summed E-state index contributed by atoms with van der Waals surface area (Å²) in [6.07, 6.45) is 0.410. The Hall–Kier alpha value is -2.44. The summed E-state index contributed by atoms with van der Waals surface area (Å²) >= 11 is 0. The van der Waals surface area contributed by atoms with E-state index in [1.165, 1.54) is 7.11 Å². The first-order valence-electron chi connectivity index (χ1n) is 8.63. The predicted octanol–water partition coefficient (Wildman–Crippen LogP) is 3.51. The second kappa shape index (κ2) is 9.31. The molecule has 0 unspecified atom stereocenters. The molecule has 1 aromatic carbocycles. The molecule has 146 valence electrons. The maximum Gasteiger partial charge on any atom is 0.407 e. The van der Waals surface area contributed by atoms with Gasteiger partial charge in [-0.1, -0.05) is 6.92 Å². The van der Waals surface area contributed by atoms with Gasteiger partial charge in [-0.2, -0.15) is 0 Å². The zero-order valence-electron chi connectivity index (χ0n) is 16.7. The molecule has 1 atom stereocenters. The molecule has 0 heterocycles. The average Bonchev–Trinajstić information content (AvgIpc) is 2.53. The van der Waals surface area contributed by atoms with Gasteiger partial charge in [-0.25, -0.2) is 4.79 Å². The summed E-state index contributed by atoms with van der Waals surface area (Å²) in [6, 6.07) is 3.35. The number of benzene rings is 1. The van der Waals surface area contributed by atoms with Crippen molar-refractivity contribution in [3.8, 4) is 11.5 Å². The fourth-order valence-electron chi connectivity index (χ4n) is 2.35. The lowest BCUT2D eigenvalue weighted by Crippen LogP contribution is -2.38. The maximum atomic E-state index is 11.9. The zero-order chi connectivity index (χ0) is 19.9. The summed E-state index contributed by atoms with van der Waals surface area (Å²) in [5, 5.41) is 5.59. The largest absolute Gasteiger partial charge is 0.496 e. The van der Waals surface area contributed by atoms with Gasteiger partial charge in [0.05, 0.1) is 19.9 Å². The lowest BCUT2D eigenvalue weighted by Gasteiger charge is -2.22. The molecule has 26 heavy (non-hydrogen) atoms. The monoisotopic (exact) mass is 366 g/mol. The summed E-state index contributed by atoms with van der Waals surface area (Å²) in [5.41, 5.74) is 0.847. The van der Waals surface area contributed by atoms with E-state index in [-0.39, 0.29) is 11.9 Å². The van der Waals surface area contributed by atoms with Gasteiger partial charge in [-0.15, -0.1) is 0 Å². The number of carbonyl (C=O) groups is 2. The fraction of sp³-hybridized carbons (Fsp3) is 0.579. The quantitative estimate of drug-likeness (QED) is 0.771. The van der Waals surface area contributed by atoms with Crippen LogP contribution in [0, 0.1) is 0 Å². The molecular weight excluding hydrogens is 336 g/mol. The molecule has 7 heteroatoms. The van der Waals surface area contributed by atoms with Crippen LogP contribution in [-0.4, -0.2) is 37.9 Å². The SMILES string of the molecule is CCC(=O)Nc1cc(OC)c(C[C@H](C)NC(=O)OC(C)(C)C)cc1OC. The van der Waals surface area contributed by atoms with Crippen molar-refractivity contribution in [1.82, 2.24) is 5.32 Å². The molecule has 0 aliphatic rings. The van der Waals surface area contributed by atoms with Crippen LogP contribution in [0.15, 0.2) is 12.1 Å². The molecule has 0 saturated carbocycles. The highest BCUT2D eigenvalue weighted by Gasteiger charge is 2.19. The Morgan fingerprint density at radius 1 is 1.12 bits per heavy atom. The number of ether oxygens (including phenoxy) is 3. The first-order chi connectivity index (χ1) is 12.1. The Labute approximate surface area is 155 Å². The smallest absolute Gasteiger partial charge is 0.407 e. The van der Waals surface area contributed by atoms with Gasteiger partial charge in [0.2, 0.25) is 5.91 Å². The van der Waals surface area contributed by atoms with Gasteiger partial charge in [0, 0.05) is 18.5 Å². The van der Waals surface area contributed by atoms with E-state index in [0.29, 0.717) is 30.0 Å². The summed E-state index contributed by atoms with van der Waals surface area (Å²) in [4.78, 5) is 23.6. The third-order valence-corrected chi connectivity index (χ3v) is 3.49. The van der Waals surface area contributed by atoms with Crippen molar-refractivity contribution in [3.05, 3.63) is 17.7 Å². The molecule has 0 aliphatic heterocycles. The number of carbonyl (C=O) groups excluding carboxylic acids is 2. The molecule has 0 spiro atoms. The highest BCUT2D eigenvalue weighted by molar-refractivity contribution is 5.92. The lowest BCUT2D eigenvalue weighted by atomic mass is 10.0. The van der Waals surface area contributed by atoms with Gasteiger partial charge in [0.1, 0.15) is 17.1 Å². The van der Waals surface area contributed by atoms with Crippen molar-refractivity contribution < 1.29 is 23.8 Å². The molecule has 0 radical (unpaired) electrons. The van der Waals surface area contributed by atoms with Crippen LogP contribution < -0.4 is 20.1 Å². The van der Waals surface area contributed by atoms with Crippen molar-refractivity contribution in [3.63, 3.8) is 0 Å². The standard InChI is InChI=1S/C19H30N2O5/c1-8-17(22)21-14-11-15(24-6)13(10-16(14)25-7)9-12(2)20-18(23)26-19(3,4)5/h10-12H,8-9H2,1-7H3,(H,20,23)(H,21,22)/t12-/m0/s1. The van der Waals surface area contributed by atoms with E-state index in [1.54, 1.807) is 26.2 Å². The number of alkyl carbamates (subject to hydrolysis) is 1. The van der Waals surface area contributed by atoms with Gasteiger partial charge in [-0.05, 0) is 45.7 Å². The van der Waals surface area contributed by atoms with Crippen LogP contribution in [0.5, 0.6) is 11.5 Å². The van der Waals surface area contributed by atoms with Crippen LogP contribution >= 0.6 is 0 Å².